The summed E-state index contributed by atoms with van der Waals surface area (Å²) >= 11 is 3.21. The molecule has 80 valence electrons. The van der Waals surface area contributed by atoms with Crippen molar-refractivity contribution in [3.8, 4) is 5.75 Å². The van der Waals surface area contributed by atoms with Crippen molar-refractivity contribution in [2.75, 3.05) is 6.54 Å². The minimum atomic E-state index is -0.994. The zero-order valence-electron chi connectivity index (χ0n) is 8.07. The van der Waals surface area contributed by atoms with Crippen molar-refractivity contribution in [3.63, 3.8) is 0 Å². The highest BCUT2D eigenvalue weighted by Gasteiger charge is 2.05. The van der Waals surface area contributed by atoms with Crippen molar-refractivity contribution >= 4 is 27.6 Å². The van der Waals surface area contributed by atoms with E-state index in [2.05, 4.69) is 20.9 Å². The highest BCUT2D eigenvalue weighted by molar-refractivity contribution is 9.10. The van der Waals surface area contributed by atoms with E-state index in [1.165, 1.54) is 6.07 Å². The normalized spacial score (nSPS) is 11.5. The standard InChI is InChI=1S/C10H10BrNO3/c1-6(12-5-10(14)15)8-3-2-7(11)4-9(8)13/h2-4,13H,5H2,1H3,(H,14,15). The van der Waals surface area contributed by atoms with Crippen LogP contribution in [0.15, 0.2) is 27.7 Å². The largest absolute Gasteiger partial charge is 0.507 e. The number of carbonyl (C=O) groups is 1. The molecule has 0 aromatic heterocycles. The van der Waals surface area contributed by atoms with E-state index in [0.29, 0.717) is 11.3 Å². The van der Waals surface area contributed by atoms with Gasteiger partial charge in [0.2, 0.25) is 0 Å². The number of carboxylic acids is 1. The van der Waals surface area contributed by atoms with Crippen LogP contribution in [0, 0.1) is 0 Å². The van der Waals surface area contributed by atoms with Gasteiger partial charge in [0.05, 0.1) is 0 Å². The summed E-state index contributed by atoms with van der Waals surface area (Å²) in [6.07, 6.45) is 0. The van der Waals surface area contributed by atoms with Crippen LogP contribution < -0.4 is 0 Å². The van der Waals surface area contributed by atoms with Gasteiger partial charge in [-0.3, -0.25) is 9.79 Å². The van der Waals surface area contributed by atoms with Crippen LogP contribution in [0.4, 0.5) is 0 Å². The molecule has 0 aliphatic heterocycles. The average molecular weight is 272 g/mol. The maximum atomic E-state index is 10.3. The van der Waals surface area contributed by atoms with E-state index in [1.807, 2.05) is 0 Å². The fraction of sp³-hybridized carbons (Fsp3) is 0.200. The van der Waals surface area contributed by atoms with Gasteiger partial charge in [0.25, 0.3) is 0 Å². The fourth-order valence-electron chi connectivity index (χ4n) is 1.08. The molecule has 0 saturated carbocycles. The average Bonchev–Trinajstić information content (AvgIpc) is 2.14. The van der Waals surface area contributed by atoms with Gasteiger partial charge in [0.15, 0.2) is 0 Å². The monoisotopic (exact) mass is 271 g/mol. The quantitative estimate of drug-likeness (QED) is 0.827. The van der Waals surface area contributed by atoms with Gasteiger partial charge >= 0.3 is 5.97 Å². The molecule has 0 heterocycles. The fourth-order valence-corrected chi connectivity index (χ4v) is 1.43. The van der Waals surface area contributed by atoms with Crippen molar-refractivity contribution < 1.29 is 15.0 Å². The molecule has 0 amide bonds. The molecule has 15 heavy (non-hydrogen) atoms. The minimum Gasteiger partial charge on any atom is -0.507 e. The van der Waals surface area contributed by atoms with Crippen LogP contribution >= 0.6 is 15.9 Å². The molecular formula is C10H10BrNO3. The summed E-state index contributed by atoms with van der Waals surface area (Å²) in [6.45, 7) is 1.37. The number of rotatable bonds is 3. The Kier molecular flexibility index (Phi) is 3.85. The minimum absolute atomic E-state index is 0.0796. The van der Waals surface area contributed by atoms with Crippen LogP contribution in [0.1, 0.15) is 12.5 Å². The topological polar surface area (TPSA) is 69.9 Å². The Bertz CT molecular complexity index is 415. The van der Waals surface area contributed by atoms with E-state index < -0.39 is 5.97 Å². The molecule has 0 aliphatic rings. The van der Waals surface area contributed by atoms with Gasteiger partial charge in [-0.15, -0.1) is 0 Å². The summed E-state index contributed by atoms with van der Waals surface area (Å²) < 4.78 is 0.759. The van der Waals surface area contributed by atoms with Gasteiger partial charge in [-0.05, 0) is 25.1 Å². The second-order valence-corrected chi connectivity index (χ2v) is 3.87. The molecule has 0 fully saturated rings. The van der Waals surface area contributed by atoms with E-state index in [4.69, 9.17) is 5.11 Å². The van der Waals surface area contributed by atoms with E-state index >= 15 is 0 Å². The molecule has 0 saturated heterocycles. The molecule has 1 aromatic rings. The Balaban J connectivity index is 2.95. The van der Waals surface area contributed by atoms with Gasteiger partial charge < -0.3 is 10.2 Å². The number of phenols is 1. The van der Waals surface area contributed by atoms with Crippen LogP contribution in [0.2, 0.25) is 0 Å². The summed E-state index contributed by atoms with van der Waals surface area (Å²) in [6, 6.07) is 4.98. The second kappa shape index (κ2) is 4.93. The highest BCUT2D eigenvalue weighted by Crippen LogP contribution is 2.22. The van der Waals surface area contributed by atoms with Crippen molar-refractivity contribution in [1.82, 2.24) is 0 Å². The molecule has 0 bridgehead atoms. The van der Waals surface area contributed by atoms with Crippen molar-refractivity contribution in [2.24, 2.45) is 4.99 Å². The number of aromatic hydroxyl groups is 1. The maximum Gasteiger partial charge on any atom is 0.325 e. The Morgan fingerprint density at radius 2 is 2.20 bits per heavy atom. The smallest absolute Gasteiger partial charge is 0.325 e. The third-order valence-electron chi connectivity index (χ3n) is 1.80. The Hall–Kier alpha value is -1.36. The van der Waals surface area contributed by atoms with E-state index in [0.717, 1.165) is 4.47 Å². The zero-order valence-corrected chi connectivity index (χ0v) is 9.65. The lowest BCUT2D eigenvalue weighted by Crippen LogP contribution is -2.04. The molecule has 5 heteroatoms. The van der Waals surface area contributed by atoms with E-state index in [9.17, 15) is 9.90 Å². The van der Waals surface area contributed by atoms with Gasteiger partial charge in [0.1, 0.15) is 12.3 Å². The number of hydrogen-bond donors (Lipinski definition) is 2. The van der Waals surface area contributed by atoms with Crippen LogP contribution in [0.25, 0.3) is 0 Å². The van der Waals surface area contributed by atoms with Crippen molar-refractivity contribution in [2.45, 2.75) is 6.92 Å². The number of benzene rings is 1. The molecule has 0 aliphatic carbocycles. The van der Waals surface area contributed by atoms with Crippen LogP contribution in [-0.2, 0) is 4.79 Å². The van der Waals surface area contributed by atoms with Gasteiger partial charge in [0, 0.05) is 15.7 Å². The highest BCUT2D eigenvalue weighted by atomic mass is 79.9. The molecule has 0 spiro atoms. The SMILES string of the molecule is CC(=NCC(=O)O)c1ccc(Br)cc1O. The maximum absolute atomic E-state index is 10.3. The first-order valence-electron chi connectivity index (χ1n) is 4.22. The molecular weight excluding hydrogens is 262 g/mol. The number of nitrogens with zero attached hydrogens (tertiary/aromatic N) is 1. The molecule has 4 nitrogen and oxygen atoms in total. The Labute approximate surface area is 95.4 Å². The van der Waals surface area contributed by atoms with Crippen molar-refractivity contribution in [1.29, 1.82) is 0 Å². The predicted molar refractivity (Wildman–Crippen MR) is 60.5 cm³/mol. The zero-order chi connectivity index (χ0) is 11.4. The first kappa shape index (κ1) is 11.7. The number of aliphatic imine (C=N–C) groups is 1. The summed E-state index contributed by atoms with van der Waals surface area (Å²) in [7, 11) is 0. The van der Waals surface area contributed by atoms with Crippen LogP contribution in [0.5, 0.6) is 5.75 Å². The first-order valence-corrected chi connectivity index (χ1v) is 5.01. The number of halogens is 1. The number of carboxylic acid groups (broad SMARTS) is 1. The third kappa shape index (κ3) is 3.36. The molecule has 1 rings (SSSR count). The Morgan fingerprint density at radius 1 is 1.53 bits per heavy atom. The summed E-state index contributed by atoms with van der Waals surface area (Å²) in [4.78, 5) is 14.1. The van der Waals surface area contributed by atoms with E-state index in [1.54, 1.807) is 19.1 Å². The summed E-state index contributed by atoms with van der Waals surface area (Å²) in [5.74, 6) is -0.915. The third-order valence-corrected chi connectivity index (χ3v) is 2.29. The molecule has 1 aromatic carbocycles. The number of hydrogen-bond acceptors (Lipinski definition) is 3. The van der Waals surface area contributed by atoms with Gasteiger partial charge in [-0.25, -0.2) is 0 Å². The van der Waals surface area contributed by atoms with Crippen LogP contribution in [0.3, 0.4) is 0 Å². The van der Waals surface area contributed by atoms with Gasteiger partial charge in [-0.1, -0.05) is 15.9 Å². The molecule has 0 radical (unpaired) electrons. The number of aliphatic carboxylic acids is 1. The second-order valence-electron chi connectivity index (χ2n) is 2.96. The lowest BCUT2D eigenvalue weighted by atomic mass is 10.1. The first-order chi connectivity index (χ1) is 7.00. The molecule has 0 unspecified atom stereocenters. The lowest BCUT2D eigenvalue weighted by molar-refractivity contribution is -0.135. The lowest BCUT2D eigenvalue weighted by Gasteiger charge is -2.03. The van der Waals surface area contributed by atoms with Crippen molar-refractivity contribution in [3.05, 3.63) is 28.2 Å². The van der Waals surface area contributed by atoms with Crippen LogP contribution in [-0.4, -0.2) is 28.4 Å². The molecule has 0 atom stereocenters. The summed E-state index contributed by atoms with van der Waals surface area (Å²) in [5.41, 5.74) is 1.04. The number of phenolic OH excluding ortho intramolecular Hbond substituents is 1. The van der Waals surface area contributed by atoms with Gasteiger partial charge in [-0.2, -0.15) is 0 Å². The summed E-state index contributed by atoms with van der Waals surface area (Å²) in [5, 5.41) is 18.0. The molecule has 2 N–H and O–H groups in total. The van der Waals surface area contributed by atoms with E-state index in [-0.39, 0.29) is 12.3 Å². The predicted octanol–water partition coefficient (Wildman–Crippen LogP) is 2.05. The Morgan fingerprint density at radius 3 is 2.73 bits per heavy atom.